The maximum Gasteiger partial charge on any atom is 0.161 e. The van der Waals surface area contributed by atoms with Gasteiger partial charge in [0.2, 0.25) is 0 Å². The summed E-state index contributed by atoms with van der Waals surface area (Å²) >= 11 is 6.22. The molecule has 3 aromatic carbocycles. The van der Waals surface area contributed by atoms with E-state index in [-0.39, 0.29) is 0 Å². The predicted molar refractivity (Wildman–Crippen MR) is 100 cm³/mol. The van der Waals surface area contributed by atoms with Gasteiger partial charge in [-0.3, -0.25) is 0 Å². The Morgan fingerprint density at radius 1 is 1.00 bits per heavy atom. The van der Waals surface area contributed by atoms with E-state index in [1.807, 2.05) is 24.3 Å². The van der Waals surface area contributed by atoms with Gasteiger partial charge in [0, 0.05) is 17.7 Å². The van der Waals surface area contributed by atoms with Gasteiger partial charge in [-0.1, -0.05) is 41.9 Å². The van der Waals surface area contributed by atoms with Gasteiger partial charge < -0.3 is 19.1 Å². The molecule has 0 amide bonds. The van der Waals surface area contributed by atoms with Gasteiger partial charge in [-0.15, -0.1) is 0 Å². The van der Waals surface area contributed by atoms with Crippen LogP contribution in [0.4, 0.5) is 5.69 Å². The summed E-state index contributed by atoms with van der Waals surface area (Å²) in [6.45, 7) is 1.16. The van der Waals surface area contributed by atoms with E-state index in [0.717, 1.165) is 18.0 Å². The molecule has 3 aromatic rings. The van der Waals surface area contributed by atoms with Crippen molar-refractivity contribution in [3.8, 4) is 17.2 Å². The summed E-state index contributed by atoms with van der Waals surface area (Å²) in [5.74, 6) is 2.23. The second-order valence-electron chi connectivity index (χ2n) is 5.89. The molecular weight excluding hydrogens is 338 g/mol. The molecule has 0 N–H and O–H groups in total. The monoisotopic (exact) mass is 355 g/mol. The zero-order valence-corrected chi connectivity index (χ0v) is 14.8. The number of fused-ring (bicyclic) bond motifs is 3. The van der Waals surface area contributed by atoms with Crippen molar-refractivity contribution >= 4 is 28.1 Å². The number of hydrogen-bond acceptors (Lipinski definition) is 4. The summed E-state index contributed by atoms with van der Waals surface area (Å²) in [4.78, 5) is 2.12. The zero-order valence-electron chi connectivity index (χ0n) is 14.1. The third kappa shape index (κ3) is 2.72. The highest BCUT2D eigenvalue weighted by molar-refractivity contribution is 6.32. The van der Waals surface area contributed by atoms with Crippen LogP contribution in [0.25, 0.3) is 10.8 Å². The number of anilines is 1. The molecule has 0 bridgehead atoms. The molecular formula is C20H18ClNO3. The topological polar surface area (TPSA) is 30.9 Å². The summed E-state index contributed by atoms with van der Waals surface area (Å²) in [5.41, 5.74) is 2.06. The van der Waals surface area contributed by atoms with E-state index in [0.29, 0.717) is 23.3 Å². The van der Waals surface area contributed by atoms with Gasteiger partial charge in [0.25, 0.3) is 0 Å². The standard InChI is InChI=1S/C20H18ClNO3/c1-23-19-10-17(20(24-2)9-16(19)21)22-11-15-14-6-4-3-5-13(14)7-8-18(15)25-12-22/h3-10H,11-12H2,1-2H3. The minimum Gasteiger partial charge on any atom is -0.495 e. The Balaban J connectivity index is 1.79. The summed E-state index contributed by atoms with van der Waals surface area (Å²) in [5, 5.41) is 2.92. The number of ether oxygens (including phenoxy) is 3. The van der Waals surface area contributed by atoms with Crippen molar-refractivity contribution < 1.29 is 14.2 Å². The van der Waals surface area contributed by atoms with Crippen LogP contribution in [0.2, 0.25) is 5.02 Å². The number of halogens is 1. The number of benzene rings is 3. The van der Waals surface area contributed by atoms with Crippen molar-refractivity contribution in [2.45, 2.75) is 6.54 Å². The van der Waals surface area contributed by atoms with Crippen LogP contribution in [-0.4, -0.2) is 21.0 Å². The molecule has 1 heterocycles. The molecule has 1 aliphatic heterocycles. The zero-order chi connectivity index (χ0) is 17.4. The second-order valence-corrected chi connectivity index (χ2v) is 6.30. The Morgan fingerprint density at radius 3 is 2.60 bits per heavy atom. The second kappa shape index (κ2) is 6.37. The minimum absolute atomic E-state index is 0.437. The maximum atomic E-state index is 6.22. The Kier molecular flexibility index (Phi) is 4.06. The van der Waals surface area contributed by atoms with Gasteiger partial charge in [0.15, 0.2) is 6.73 Å². The van der Waals surface area contributed by atoms with Gasteiger partial charge in [-0.2, -0.15) is 0 Å². The fourth-order valence-electron chi connectivity index (χ4n) is 3.24. The van der Waals surface area contributed by atoms with Crippen molar-refractivity contribution in [2.24, 2.45) is 0 Å². The quantitative estimate of drug-likeness (QED) is 0.671. The molecule has 4 nitrogen and oxygen atoms in total. The number of nitrogens with zero attached hydrogens (tertiary/aromatic N) is 1. The van der Waals surface area contributed by atoms with E-state index in [2.05, 4.69) is 23.1 Å². The first-order valence-corrected chi connectivity index (χ1v) is 8.39. The van der Waals surface area contributed by atoms with E-state index >= 15 is 0 Å². The highest BCUT2D eigenvalue weighted by Gasteiger charge is 2.23. The van der Waals surface area contributed by atoms with E-state index in [4.69, 9.17) is 25.8 Å². The Morgan fingerprint density at radius 2 is 1.80 bits per heavy atom. The molecule has 5 heteroatoms. The van der Waals surface area contributed by atoms with Crippen LogP contribution in [0.1, 0.15) is 5.56 Å². The molecule has 0 spiro atoms. The summed E-state index contributed by atoms with van der Waals surface area (Å²) in [6.07, 6.45) is 0. The molecule has 0 aliphatic carbocycles. The molecule has 0 atom stereocenters. The predicted octanol–water partition coefficient (Wildman–Crippen LogP) is 4.87. The average molecular weight is 356 g/mol. The Bertz CT molecular complexity index is 942. The molecule has 1 aliphatic rings. The first-order chi connectivity index (χ1) is 12.2. The van der Waals surface area contributed by atoms with Gasteiger partial charge in [-0.05, 0) is 16.8 Å². The molecule has 128 valence electrons. The summed E-state index contributed by atoms with van der Waals surface area (Å²) in [6, 6.07) is 16.1. The summed E-state index contributed by atoms with van der Waals surface area (Å²) < 4.78 is 16.9. The number of methoxy groups -OCH3 is 2. The van der Waals surface area contributed by atoms with E-state index < -0.39 is 0 Å². The molecule has 0 saturated heterocycles. The molecule has 25 heavy (non-hydrogen) atoms. The van der Waals surface area contributed by atoms with E-state index in [9.17, 15) is 0 Å². The largest absolute Gasteiger partial charge is 0.495 e. The van der Waals surface area contributed by atoms with Crippen molar-refractivity contribution in [3.63, 3.8) is 0 Å². The lowest BCUT2D eigenvalue weighted by Crippen LogP contribution is -2.32. The minimum atomic E-state index is 0.437. The lowest BCUT2D eigenvalue weighted by atomic mass is 10.0. The fourth-order valence-corrected chi connectivity index (χ4v) is 3.48. The normalized spacial score (nSPS) is 13.3. The molecule has 0 aromatic heterocycles. The van der Waals surface area contributed by atoms with Crippen LogP contribution in [0.5, 0.6) is 17.2 Å². The Labute approximate surface area is 151 Å². The van der Waals surface area contributed by atoms with Crippen molar-refractivity contribution in [3.05, 3.63) is 59.1 Å². The molecule has 0 fully saturated rings. The van der Waals surface area contributed by atoms with Gasteiger partial charge >= 0.3 is 0 Å². The molecule has 0 radical (unpaired) electrons. The smallest absolute Gasteiger partial charge is 0.161 e. The number of hydrogen-bond donors (Lipinski definition) is 0. The third-order valence-electron chi connectivity index (χ3n) is 4.52. The van der Waals surface area contributed by atoms with Crippen LogP contribution < -0.4 is 19.1 Å². The van der Waals surface area contributed by atoms with Gasteiger partial charge in [0.05, 0.1) is 31.5 Å². The summed E-state index contributed by atoms with van der Waals surface area (Å²) in [7, 11) is 3.24. The van der Waals surface area contributed by atoms with Crippen LogP contribution >= 0.6 is 11.6 Å². The third-order valence-corrected chi connectivity index (χ3v) is 4.81. The van der Waals surface area contributed by atoms with Gasteiger partial charge in [0.1, 0.15) is 17.2 Å². The van der Waals surface area contributed by atoms with E-state index in [1.165, 1.54) is 16.3 Å². The first-order valence-electron chi connectivity index (χ1n) is 8.01. The maximum absolute atomic E-state index is 6.22. The van der Waals surface area contributed by atoms with E-state index in [1.54, 1.807) is 20.3 Å². The van der Waals surface area contributed by atoms with Crippen molar-refractivity contribution in [1.82, 2.24) is 0 Å². The molecule has 4 rings (SSSR count). The van der Waals surface area contributed by atoms with Crippen LogP contribution in [0, 0.1) is 0 Å². The van der Waals surface area contributed by atoms with Crippen molar-refractivity contribution in [2.75, 3.05) is 25.9 Å². The lowest BCUT2D eigenvalue weighted by molar-refractivity contribution is 0.288. The number of rotatable bonds is 3. The SMILES string of the molecule is COc1cc(N2COc3ccc4ccccc4c3C2)c(OC)cc1Cl. The molecule has 0 unspecified atom stereocenters. The lowest BCUT2D eigenvalue weighted by Gasteiger charge is -2.32. The van der Waals surface area contributed by atoms with Crippen LogP contribution in [0.15, 0.2) is 48.5 Å². The van der Waals surface area contributed by atoms with Crippen LogP contribution in [0.3, 0.4) is 0 Å². The fraction of sp³-hybridized carbons (Fsp3) is 0.200. The highest BCUT2D eigenvalue weighted by Crippen LogP contribution is 2.41. The first kappa shape index (κ1) is 15.9. The van der Waals surface area contributed by atoms with Crippen molar-refractivity contribution in [1.29, 1.82) is 0 Å². The van der Waals surface area contributed by atoms with Gasteiger partial charge in [-0.25, -0.2) is 0 Å². The Hall–Kier alpha value is -2.59. The van der Waals surface area contributed by atoms with Crippen LogP contribution in [-0.2, 0) is 6.54 Å². The molecule has 0 saturated carbocycles. The highest BCUT2D eigenvalue weighted by atomic mass is 35.5. The average Bonchev–Trinajstić information content (AvgIpc) is 2.67.